The molecular formula is C18H39O3P. The predicted molar refractivity (Wildman–Crippen MR) is 98.3 cm³/mol. The van der Waals surface area contributed by atoms with Crippen molar-refractivity contribution in [3.05, 3.63) is 0 Å². The van der Waals surface area contributed by atoms with Gasteiger partial charge in [0.05, 0.1) is 30.8 Å². The zero-order valence-corrected chi connectivity index (χ0v) is 16.7. The second kappa shape index (κ2) is 15.7. The summed E-state index contributed by atoms with van der Waals surface area (Å²) in [5, 5.41) is 8.89. The molecule has 0 amide bonds. The number of carbonyl (C=O) groups is 1. The van der Waals surface area contributed by atoms with Crippen molar-refractivity contribution in [1.29, 1.82) is 0 Å². The fourth-order valence-corrected chi connectivity index (χ4v) is 8.13. The minimum Gasteiger partial charge on any atom is -0.550 e. The molecule has 0 aromatic rings. The molecule has 0 bridgehead atoms. The summed E-state index contributed by atoms with van der Waals surface area (Å²) in [4.78, 5) is 8.89. The Kier molecular flexibility index (Phi) is 17.3. The Morgan fingerprint density at radius 3 is 1.55 bits per heavy atom. The number of rotatable bonds is 12. The van der Waals surface area contributed by atoms with Crippen LogP contribution in [0.3, 0.4) is 0 Å². The number of methoxy groups -OCH3 is 1. The van der Waals surface area contributed by atoms with Crippen LogP contribution < -0.4 is 5.11 Å². The first-order valence-electron chi connectivity index (χ1n) is 8.92. The first-order chi connectivity index (χ1) is 10.4. The third kappa shape index (κ3) is 14.8. The number of carboxylic acids is 1. The van der Waals surface area contributed by atoms with E-state index in [9.17, 15) is 0 Å². The van der Waals surface area contributed by atoms with Gasteiger partial charge in [0.1, 0.15) is 0 Å². The van der Waals surface area contributed by atoms with Crippen molar-refractivity contribution in [3.63, 3.8) is 0 Å². The highest BCUT2D eigenvalue weighted by molar-refractivity contribution is 7.75. The zero-order chi connectivity index (χ0) is 17.4. The van der Waals surface area contributed by atoms with Crippen LogP contribution in [0.5, 0.6) is 0 Å². The fraction of sp³-hybridized carbons (Fsp3) is 0.944. The largest absolute Gasteiger partial charge is 0.550 e. The number of hydrogen-bond acceptors (Lipinski definition) is 3. The molecule has 22 heavy (non-hydrogen) atoms. The average molecular weight is 334 g/mol. The van der Waals surface area contributed by atoms with Gasteiger partial charge in [-0.1, -0.05) is 40.0 Å². The van der Waals surface area contributed by atoms with Gasteiger partial charge in [-0.05, 0) is 33.1 Å². The lowest BCUT2D eigenvalue weighted by atomic mass is 10.4. The monoisotopic (exact) mass is 334 g/mol. The molecule has 3 nitrogen and oxygen atoms in total. The Balaban J connectivity index is 0. The predicted octanol–water partition coefficient (Wildman–Crippen LogP) is 4.20. The lowest BCUT2D eigenvalue weighted by Gasteiger charge is -2.30. The maximum atomic E-state index is 8.89. The highest BCUT2D eigenvalue weighted by atomic mass is 31.2. The molecule has 1 unspecified atom stereocenters. The van der Waals surface area contributed by atoms with Crippen molar-refractivity contribution >= 4 is 13.2 Å². The molecule has 0 saturated carbocycles. The van der Waals surface area contributed by atoms with Gasteiger partial charge in [-0.2, -0.15) is 0 Å². The summed E-state index contributed by atoms with van der Waals surface area (Å²) in [5.41, 5.74) is 0. The van der Waals surface area contributed by atoms with E-state index in [0.717, 1.165) is 6.92 Å². The molecule has 0 aliphatic rings. The van der Waals surface area contributed by atoms with E-state index in [1.807, 2.05) is 7.11 Å². The van der Waals surface area contributed by atoms with Crippen LogP contribution in [0.1, 0.15) is 73.1 Å². The summed E-state index contributed by atoms with van der Waals surface area (Å²) in [5.74, 6) is -1.08. The van der Waals surface area contributed by atoms with E-state index in [4.69, 9.17) is 14.6 Å². The number of carbonyl (C=O) groups excluding carboxylic acids is 1. The van der Waals surface area contributed by atoms with Crippen molar-refractivity contribution in [3.8, 4) is 0 Å². The summed E-state index contributed by atoms with van der Waals surface area (Å²) in [6.07, 6.45) is 14.7. The van der Waals surface area contributed by atoms with Crippen LogP contribution in [0.15, 0.2) is 0 Å². The minimum atomic E-state index is -1.08. The van der Waals surface area contributed by atoms with E-state index in [1.54, 1.807) is 0 Å². The highest BCUT2D eigenvalue weighted by Crippen LogP contribution is 2.61. The summed E-state index contributed by atoms with van der Waals surface area (Å²) in [6, 6.07) is 0. The molecule has 0 heterocycles. The van der Waals surface area contributed by atoms with Gasteiger partial charge in [-0.15, -0.1) is 0 Å². The maximum absolute atomic E-state index is 8.89. The Bertz CT molecular complexity index is 231. The van der Waals surface area contributed by atoms with Crippen LogP contribution in [0.2, 0.25) is 0 Å². The molecule has 0 N–H and O–H groups in total. The van der Waals surface area contributed by atoms with E-state index in [1.165, 1.54) is 63.2 Å². The van der Waals surface area contributed by atoms with E-state index >= 15 is 0 Å². The number of aliphatic carboxylic acids is 1. The molecule has 0 radical (unpaired) electrons. The Morgan fingerprint density at radius 2 is 1.32 bits per heavy atom. The topological polar surface area (TPSA) is 49.4 Å². The molecule has 0 spiro atoms. The summed E-state index contributed by atoms with van der Waals surface area (Å²) >= 11 is 0. The van der Waals surface area contributed by atoms with Gasteiger partial charge in [-0.25, -0.2) is 0 Å². The number of carboxylic acid groups (broad SMARTS) is 1. The van der Waals surface area contributed by atoms with Crippen LogP contribution in [0.25, 0.3) is 0 Å². The molecule has 0 rings (SSSR count). The Morgan fingerprint density at radius 1 is 1.00 bits per heavy atom. The number of unbranched alkanes of at least 4 members (excludes halogenated alkanes) is 3. The van der Waals surface area contributed by atoms with E-state index in [0.29, 0.717) is 6.10 Å². The van der Waals surface area contributed by atoms with Crippen molar-refractivity contribution in [2.45, 2.75) is 79.2 Å². The van der Waals surface area contributed by atoms with Gasteiger partial charge in [0.2, 0.25) is 0 Å². The standard InChI is InChI=1S/C16H36OP.C2H4O2/c1-6-9-12-18(13-10-7-2,14-11-8-3)15-16(4)17-5;1-2(3)4/h16H,6-15H2,1-5H3;1H3,(H,3,4)/q+1;/p-1. The average Bonchev–Trinajstić information content (AvgIpc) is 2.48. The van der Waals surface area contributed by atoms with Crippen LogP contribution in [-0.4, -0.2) is 43.8 Å². The second-order valence-corrected chi connectivity index (χ2v) is 10.7. The van der Waals surface area contributed by atoms with E-state index in [-0.39, 0.29) is 0 Å². The van der Waals surface area contributed by atoms with Crippen LogP contribution >= 0.6 is 7.26 Å². The molecule has 4 heteroatoms. The third-order valence-corrected chi connectivity index (χ3v) is 9.09. The minimum absolute atomic E-state index is 0.462. The molecule has 0 aliphatic carbocycles. The molecule has 0 fully saturated rings. The fourth-order valence-electron chi connectivity index (χ4n) is 2.71. The SMILES string of the molecule is CC(=O)[O-].CCCC[P+](CCCC)(CCCC)CC(C)OC. The first-order valence-corrected chi connectivity index (χ1v) is 11.5. The van der Waals surface area contributed by atoms with Crippen LogP contribution in [0.4, 0.5) is 0 Å². The molecule has 0 aromatic heterocycles. The smallest absolute Gasteiger partial charge is 0.0877 e. The van der Waals surface area contributed by atoms with Crippen molar-refractivity contribution in [2.24, 2.45) is 0 Å². The number of ether oxygens (including phenoxy) is 1. The third-order valence-electron chi connectivity index (χ3n) is 4.00. The summed E-state index contributed by atoms with van der Waals surface area (Å²) < 4.78 is 5.57. The second-order valence-electron chi connectivity index (χ2n) is 6.29. The molecule has 0 aliphatic heterocycles. The highest BCUT2D eigenvalue weighted by Gasteiger charge is 2.36. The van der Waals surface area contributed by atoms with E-state index < -0.39 is 13.2 Å². The quantitative estimate of drug-likeness (QED) is 0.503. The van der Waals surface area contributed by atoms with Crippen LogP contribution in [0, 0.1) is 0 Å². The maximum Gasteiger partial charge on any atom is 0.0877 e. The van der Waals surface area contributed by atoms with Gasteiger partial charge in [-0.3, -0.25) is 0 Å². The Labute approximate surface area is 139 Å². The van der Waals surface area contributed by atoms with Crippen LogP contribution in [-0.2, 0) is 9.53 Å². The summed E-state index contributed by atoms with van der Waals surface area (Å²) in [6.45, 7) is 10.2. The molecule has 1 atom stereocenters. The zero-order valence-electron chi connectivity index (χ0n) is 15.8. The van der Waals surface area contributed by atoms with E-state index in [2.05, 4.69) is 27.7 Å². The van der Waals surface area contributed by atoms with Gasteiger partial charge in [0.15, 0.2) is 0 Å². The molecule has 0 aromatic carbocycles. The lowest BCUT2D eigenvalue weighted by molar-refractivity contribution is -0.302. The summed E-state index contributed by atoms with van der Waals surface area (Å²) in [7, 11) is 1.13. The normalized spacial score (nSPS) is 12.5. The number of hydrogen-bond donors (Lipinski definition) is 0. The first kappa shape index (κ1) is 24.1. The molecule has 134 valence electrons. The van der Waals surface area contributed by atoms with Gasteiger partial charge < -0.3 is 14.6 Å². The van der Waals surface area contributed by atoms with Crippen molar-refractivity contribution in [2.75, 3.05) is 31.8 Å². The molecular weight excluding hydrogens is 295 g/mol. The van der Waals surface area contributed by atoms with Crippen molar-refractivity contribution < 1.29 is 14.6 Å². The van der Waals surface area contributed by atoms with Crippen molar-refractivity contribution in [1.82, 2.24) is 0 Å². The Hall–Kier alpha value is -0.140. The molecule has 0 saturated heterocycles. The van der Waals surface area contributed by atoms with Gasteiger partial charge in [0.25, 0.3) is 0 Å². The van der Waals surface area contributed by atoms with Gasteiger partial charge in [0, 0.05) is 20.3 Å². The van der Waals surface area contributed by atoms with Gasteiger partial charge >= 0.3 is 0 Å². The lowest BCUT2D eigenvalue weighted by Crippen LogP contribution is -2.21.